The lowest BCUT2D eigenvalue weighted by molar-refractivity contribution is -0.159. The minimum Gasteiger partial charge on any atom is -0.462 e. The van der Waals surface area contributed by atoms with Gasteiger partial charge < -0.3 is 9.47 Å². The van der Waals surface area contributed by atoms with Gasteiger partial charge in [0.2, 0.25) is 0 Å². The Labute approximate surface area is 109 Å². The normalized spacial score (nSPS) is 33.4. The summed E-state index contributed by atoms with van der Waals surface area (Å²) in [6, 6.07) is 0. The van der Waals surface area contributed by atoms with Crippen molar-refractivity contribution in [2.24, 2.45) is 11.3 Å². The van der Waals surface area contributed by atoms with Gasteiger partial charge in [0.05, 0.1) is 6.10 Å². The SMILES string of the molecule is CCC(C)CC(C)OC(=O)C1(C)CC1(C)OC=O. The van der Waals surface area contributed by atoms with Gasteiger partial charge in [0.15, 0.2) is 0 Å². The zero-order valence-electron chi connectivity index (χ0n) is 12.0. The number of ether oxygens (including phenoxy) is 2. The molecule has 18 heavy (non-hydrogen) atoms. The van der Waals surface area contributed by atoms with Gasteiger partial charge in [-0.2, -0.15) is 0 Å². The molecule has 1 fully saturated rings. The van der Waals surface area contributed by atoms with E-state index >= 15 is 0 Å². The minimum atomic E-state index is -0.693. The number of carbonyl (C=O) groups is 2. The third-order valence-corrected chi connectivity index (χ3v) is 4.23. The highest BCUT2D eigenvalue weighted by Crippen LogP contribution is 2.59. The predicted octanol–water partition coefficient (Wildman–Crippen LogP) is 2.70. The van der Waals surface area contributed by atoms with Gasteiger partial charge in [-0.25, -0.2) is 0 Å². The molecule has 0 N–H and O–H groups in total. The van der Waals surface area contributed by atoms with E-state index in [0.29, 0.717) is 18.8 Å². The lowest BCUT2D eigenvalue weighted by Gasteiger charge is -2.21. The topological polar surface area (TPSA) is 52.6 Å². The summed E-state index contributed by atoms with van der Waals surface area (Å²) in [5, 5.41) is 0. The molecule has 1 saturated carbocycles. The van der Waals surface area contributed by atoms with E-state index < -0.39 is 11.0 Å². The standard InChI is InChI=1S/C14H24O4/c1-6-10(2)7-11(3)18-12(16)13(4)8-14(13,5)17-9-15/h9-11H,6-8H2,1-5H3. The van der Waals surface area contributed by atoms with Gasteiger partial charge in [-0.15, -0.1) is 0 Å². The summed E-state index contributed by atoms with van der Waals surface area (Å²) in [5.41, 5.74) is -1.38. The van der Waals surface area contributed by atoms with Crippen LogP contribution >= 0.6 is 0 Å². The quantitative estimate of drug-likeness (QED) is 0.519. The molecule has 0 aliphatic heterocycles. The highest BCUT2D eigenvalue weighted by atomic mass is 16.6. The van der Waals surface area contributed by atoms with Crippen molar-refractivity contribution in [1.29, 1.82) is 0 Å². The average Bonchev–Trinajstić information content (AvgIpc) is 2.82. The molecule has 0 aromatic heterocycles. The van der Waals surface area contributed by atoms with E-state index in [0.717, 1.165) is 12.8 Å². The second kappa shape index (κ2) is 5.29. The van der Waals surface area contributed by atoms with E-state index in [-0.39, 0.29) is 12.1 Å². The lowest BCUT2D eigenvalue weighted by atomic mass is 10.0. The van der Waals surface area contributed by atoms with Gasteiger partial charge in [0.1, 0.15) is 11.0 Å². The first-order valence-corrected chi connectivity index (χ1v) is 6.61. The maximum Gasteiger partial charge on any atom is 0.316 e. The molecule has 0 spiro atoms. The molecule has 1 aliphatic rings. The van der Waals surface area contributed by atoms with Crippen LogP contribution in [-0.4, -0.2) is 24.1 Å². The van der Waals surface area contributed by atoms with E-state index in [9.17, 15) is 9.59 Å². The molecule has 1 aliphatic carbocycles. The molecule has 4 heteroatoms. The Balaban J connectivity index is 2.50. The summed E-state index contributed by atoms with van der Waals surface area (Å²) >= 11 is 0. The number of hydrogen-bond acceptors (Lipinski definition) is 4. The maximum atomic E-state index is 12.1. The fourth-order valence-corrected chi connectivity index (χ4v) is 2.29. The van der Waals surface area contributed by atoms with Gasteiger partial charge in [-0.05, 0) is 33.1 Å². The van der Waals surface area contributed by atoms with Crippen molar-refractivity contribution < 1.29 is 19.1 Å². The molecule has 1 rings (SSSR count). The fourth-order valence-electron chi connectivity index (χ4n) is 2.29. The molecule has 104 valence electrons. The van der Waals surface area contributed by atoms with Crippen molar-refractivity contribution in [2.75, 3.05) is 0 Å². The molecule has 0 radical (unpaired) electrons. The van der Waals surface area contributed by atoms with Crippen molar-refractivity contribution in [3.8, 4) is 0 Å². The van der Waals surface area contributed by atoms with Crippen molar-refractivity contribution in [2.45, 2.75) is 65.6 Å². The fraction of sp³-hybridized carbons (Fsp3) is 0.857. The molecule has 0 aromatic carbocycles. The van der Waals surface area contributed by atoms with Gasteiger partial charge in [0, 0.05) is 6.42 Å². The Kier molecular flexibility index (Phi) is 4.41. The Morgan fingerprint density at radius 2 is 2.00 bits per heavy atom. The summed E-state index contributed by atoms with van der Waals surface area (Å²) in [7, 11) is 0. The van der Waals surface area contributed by atoms with Crippen LogP contribution in [0.4, 0.5) is 0 Å². The van der Waals surface area contributed by atoms with Crippen LogP contribution < -0.4 is 0 Å². The van der Waals surface area contributed by atoms with Crippen LogP contribution in [0.5, 0.6) is 0 Å². The smallest absolute Gasteiger partial charge is 0.316 e. The van der Waals surface area contributed by atoms with Crippen LogP contribution in [-0.2, 0) is 19.1 Å². The molecule has 4 unspecified atom stereocenters. The molecule has 4 atom stereocenters. The lowest BCUT2D eigenvalue weighted by Crippen LogP contribution is -2.30. The first kappa shape index (κ1) is 15.0. The highest BCUT2D eigenvalue weighted by Gasteiger charge is 2.70. The summed E-state index contributed by atoms with van der Waals surface area (Å²) in [6.45, 7) is 10.1. The summed E-state index contributed by atoms with van der Waals surface area (Å²) in [4.78, 5) is 22.5. The van der Waals surface area contributed by atoms with Crippen LogP contribution in [0.2, 0.25) is 0 Å². The summed E-state index contributed by atoms with van der Waals surface area (Å²) in [6.07, 6.45) is 2.38. The Hall–Kier alpha value is -1.06. The molecule has 0 amide bonds. The van der Waals surface area contributed by atoms with E-state index in [1.165, 1.54) is 0 Å². The van der Waals surface area contributed by atoms with E-state index in [2.05, 4.69) is 13.8 Å². The van der Waals surface area contributed by atoms with Gasteiger partial charge in [-0.3, -0.25) is 9.59 Å². The molecule has 0 bridgehead atoms. The van der Waals surface area contributed by atoms with Crippen LogP contribution in [0.3, 0.4) is 0 Å². The van der Waals surface area contributed by atoms with E-state index in [4.69, 9.17) is 9.47 Å². The number of carbonyl (C=O) groups excluding carboxylic acids is 2. The zero-order chi connectivity index (χ0) is 14.0. The third-order valence-electron chi connectivity index (χ3n) is 4.23. The molecule has 0 heterocycles. The average molecular weight is 256 g/mol. The maximum absolute atomic E-state index is 12.1. The first-order chi connectivity index (χ1) is 8.29. The molecular formula is C14H24O4. The van der Waals surface area contributed by atoms with Crippen molar-refractivity contribution in [3.63, 3.8) is 0 Å². The van der Waals surface area contributed by atoms with Crippen molar-refractivity contribution >= 4 is 12.4 Å². The third kappa shape index (κ3) is 2.85. The monoisotopic (exact) mass is 256 g/mol. The van der Waals surface area contributed by atoms with Crippen LogP contribution in [0, 0.1) is 11.3 Å². The number of esters is 1. The van der Waals surface area contributed by atoms with Gasteiger partial charge >= 0.3 is 5.97 Å². The zero-order valence-corrected chi connectivity index (χ0v) is 12.0. The molecule has 0 saturated heterocycles. The Morgan fingerprint density at radius 3 is 2.50 bits per heavy atom. The molecule has 0 aromatic rings. The van der Waals surface area contributed by atoms with Crippen LogP contribution in [0.25, 0.3) is 0 Å². The predicted molar refractivity (Wildman–Crippen MR) is 67.9 cm³/mol. The minimum absolute atomic E-state index is 0.0923. The van der Waals surface area contributed by atoms with Crippen molar-refractivity contribution in [1.82, 2.24) is 0 Å². The molecule has 4 nitrogen and oxygen atoms in total. The summed E-state index contributed by atoms with van der Waals surface area (Å²) in [5.74, 6) is 0.278. The van der Waals surface area contributed by atoms with Gasteiger partial charge in [0.25, 0.3) is 6.47 Å². The van der Waals surface area contributed by atoms with Gasteiger partial charge in [-0.1, -0.05) is 20.3 Å². The Morgan fingerprint density at radius 1 is 1.39 bits per heavy atom. The largest absolute Gasteiger partial charge is 0.462 e. The van der Waals surface area contributed by atoms with Crippen molar-refractivity contribution in [3.05, 3.63) is 0 Å². The number of rotatable bonds is 7. The highest BCUT2D eigenvalue weighted by molar-refractivity contribution is 5.82. The van der Waals surface area contributed by atoms with Crippen LogP contribution in [0.1, 0.15) is 53.9 Å². The molecular weight excluding hydrogens is 232 g/mol. The Bertz CT molecular complexity index is 328. The van der Waals surface area contributed by atoms with Crippen LogP contribution in [0.15, 0.2) is 0 Å². The summed E-state index contributed by atoms with van der Waals surface area (Å²) < 4.78 is 10.4. The van der Waals surface area contributed by atoms with E-state index in [1.54, 1.807) is 13.8 Å². The second-order valence-electron chi connectivity index (χ2n) is 5.92. The first-order valence-electron chi connectivity index (χ1n) is 6.61. The van der Waals surface area contributed by atoms with E-state index in [1.807, 2.05) is 6.92 Å². The second-order valence-corrected chi connectivity index (χ2v) is 5.92. The number of hydrogen-bond donors (Lipinski definition) is 0.